The van der Waals surface area contributed by atoms with Crippen LogP contribution in [0.25, 0.3) is 0 Å². The smallest absolute Gasteiger partial charge is 0.317 e. The van der Waals surface area contributed by atoms with E-state index in [-0.39, 0.29) is 6.03 Å². The molecule has 1 atom stereocenters. The van der Waals surface area contributed by atoms with Crippen molar-refractivity contribution in [2.45, 2.75) is 31.8 Å². The van der Waals surface area contributed by atoms with Gasteiger partial charge in [0.05, 0.1) is 3.79 Å². The number of nitrogens with one attached hydrogen (secondary N) is 1. The average Bonchev–Trinajstić information content (AvgIpc) is 3.22. The molecular weight excluding hydrogens is 400 g/mol. The van der Waals surface area contributed by atoms with Crippen molar-refractivity contribution >= 4 is 33.3 Å². The molecule has 3 fully saturated rings. The molecule has 2 aliphatic heterocycles. The fourth-order valence-corrected chi connectivity index (χ4v) is 5.44. The van der Waals surface area contributed by atoms with Gasteiger partial charge < -0.3 is 15.1 Å². The first-order valence-corrected chi connectivity index (χ1v) is 11.0. The van der Waals surface area contributed by atoms with Crippen molar-refractivity contribution in [1.29, 1.82) is 0 Å². The molecule has 25 heavy (non-hydrogen) atoms. The monoisotopic (exact) mass is 426 g/mol. The summed E-state index contributed by atoms with van der Waals surface area (Å²) in [7, 11) is 0. The first-order chi connectivity index (χ1) is 12.2. The van der Waals surface area contributed by atoms with Crippen LogP contribution < -0.4 is 5.32 Å². The van der Waals surface area contributed by atoms with Gasteiger partial charge in [0, 0.05) is 56.7 Å². The highest BCUT2D eigenvalue weighted by molar-refractivity contribution is 9.11. The first kappa shape index (κ1) is 17.8. The Kier molecular flexibility index (Phi) is 5.65. The lowest BCUT2D eigenvalue weighted by molar-refractivity contribution is 0.135. The Bertz CT molecular complexity index is 598. The summed E-state index contributed by atoms with van der Waals surface area (Å²) in [6.45, 7) is 7.81. The molecule has 1 unspecified atom stereocenters. The third kappa shape index (κ3) is 4.76. The van der Waals surface area contributed by atoms with Crippen molar-refractivity contribution in [3.8, 4) is 0 Å². The van der Waals surface area contributed by atoms with Gasteiger partial charge in [-0.1, -0.05) is 0 Å². The van der Waals surface area contributed by atoms with E-state index in [1.165, 1.54) is 41.0 Å². The Morgan fingerprint density at radius 1 is 1.16 bits per heavy atom. The van der Waals surface area contributed by atoms with Crippen molar-refractivity contribution in [2.24, 2.45) is 5.92 Å². The summed E-state index contributed by atoms with van der Waals surface area (Å²) in [6, 6.07) is 5.28. The van der Waals surface area contributed by atoms with Crippen LogP contribution in [0, 0.1) is 5.92 Å². The molecule has 1 aromatic heterocycles. The molecule has 1 saturated carbocycles. The van der Waals surface area contributed by atoms with Gasteiger partial charge in [0.15, 0.2) is 0 Å². The molecule has 2 amide bonds. The van der Waals surface area contributed by atoms with E-state index < -0.39 is 0 Å². The molecule has 1 N–H and O–H groups in total. The fourth-order valence-electron chi connectivity index (χ4n) is 3.91. The highest BCUT2D eigenvalue weighted by Gasteiger charge is 2.34. The largest absolute Gasteiger partial charge is 0.338 e. The first-order valence-electron chi connectivity index (χ1n) is 9.41. The number of halogens is 1. The second-order valence-corrected chi connectivity index (χ2v) is 10.1. The molecule has 3 aliphatic rings. The molecule has 0 aromatic carbocycles. The van der Waals surface area contributed by atoms with E-state index in [0.717, 1.165) is 45.3 Å². The molecule has 0 spiro atoms. The summed E-state index contributed by atoms with van der Waals surface area (Å²) in [5, 5.41) is 3.18. The lowest BCUT2D eigenvalue weighted by Gasteiger charge is -2.34. The van der Waals surface area contributed by atoms with Gasteiger partial charge in [-0.15, -0.1) is 11.3 Å². The summed E-state index contributed by atoms with van der Waals surface area (Å²) in [4.78, 5) is 20.8. The van der Waals surface area contributed by atoms with Gasteiger partial charge in [0.1, 0.15) is 0 Å². The maximum atomic E-state index is 12.4. The number of carbonyl (C=O) groups excluding carboxylic acids is 1. The number of amides is 2. The lowest BCUT2D eigenvalue weighted by Crippen LogP contribution is -2.52. The zero-order valence-corrected chi connectivity index (χ0v) is 17.0. The molecule has 0 bridgehead atoms. The number of hydrogen-bond donors (Lipinski definition) is 1. The summed E-state index contributed by atoms with van der Waals surface area (Å²) in [6.07, 6.45) is 4.00. The number of hydrogen-bond acceptors (Lipinski definition) is 4. The number of urea groups is 1. The summed E-state index contributed by atoms with van der Waals surface area (Å²) in [5.41, 5.74) is 0. The van der Waals surface area contributed by atoms with Crippen LogP contribution in [0.4, 0.5) is 4.79 Å². The minimum Gasteiger partial charge on any atom is -0.338 e. The fraction of sp³-hybridized carbons (Fsp3) is 0.722. The summed E-state index contributed by atoms with van der Waals surface area (Å²) < 4.78 is 1.19. The van der Waals surface area contributed by atoms with Gasteiger partial charge in [0.2, 0.25) is 0 Å². The minimum atomic E-state index is 0.128. The van der Waals surface area contributed by atoms with Gasteiger partial charge in [0.25, 0.3) is 0 Å². The second-order valence-electron chi connectivity index (χ2n) is 7.54. The SMILES string of the molecule is O=C(NCC1CCN(C2CC2)C1)N1CCN(Cc2ccc(Br)s2)CC1. The van der Waals surface area contributed by atoms with Crippen LogP contribution >= 0.6 is 27.3 Å². The molecule has 4 rings (SSSR count). The van der Waals surface area contributed by atoms with Crippen LogP contribution in [0.3, 0.4) is 0 Å². The number of rotatable bonds is 5. The third-order valence-corrected chi connectivity index (χ3v) is 7.20. The van der Waals surface area contributed by atoms with Crippen LogP contribution in [0.15, 0.2) is 15.9 Å². The van der Waals surface area contributed by atoms with Crippen LogP contribution in [-0.2, 0) is 6.54 Å². The molecule has 3 heterocycles. The normalized spacial score (nSPS) is 25.5. The Morgan fingerprint density at radius 2 is 1.96 bits per heavy atom. The maximum absolute atomic E-state index is 12.4. The second kappa shape index (κ2) is 7.94. The van der Waals surface area contributed by atoms with Gasteiger partial charge in [-0.3, -0.25) is 4.90 Å². The van der Waals surface area contributed by atoms with Gasteiger partial charge in [-0.05, 0) is 59.8 Å². The predicted molar refractivity (Wildman–Crippen MR) is 105 cm³/mol. The molecule has 138 valence electrons. The maximum Gasteiger partial charge on any atom is 0.317 e. The topological polar surface area (TPSA) is 38.8 Å². The Labute approximate surface area is 162 Å². The molecule has 1 aromatic rings. The quantitative estimate of drug-likeness (QED) is 0.786. The number of likely N-dealkylation sites (tertiary alicyclic amines) is 1. The molecule has 1 aliphatic carbocycles. The molecule has 2 saturated heterocycles. The van der Waals surface area contributed by atoms with Crippen molar-refractivity contribution in [3.63, 3.8) is 0 Å². The van der Waals surface area contributed by atoms with E-state index in [1.54, 1.807) is 11.3 Å². The van der Waals surface area contributed by atoms with E-state index in [9.17, 15) is 4.79 Å². The minimum absolute atomic E-state index is 0.128. The third-order valence-electron chi connectivity index (χ3n) is 5.59. The zero-order chi connectivity index (χ0) is 17.2. The standard InChI is InChI=1S/C18H27BrN4OS/c19-17-4-3-16(25-17)13-21-7-9-22(10-8-21)18(24)20-11-14-5-6-23(12-14)15-1-2-15/h3-4,14-15H,1-2,5-13H2,(H,20,24). The number of carbonyl (C=O) groups is 1. The van der Waals surface area contributed by atoms with Gasteiger partial charge in [-0.25, -0.2) is 4.79 Å². The van der Waals surface area contributed by atoms with Gasteiger partial charge >= 0.3 is 6.03 Å². The molecule has 5 nitrogen and oxygen atoms in total. The Balaban J connectivity index is 1.15. The molecule has 7 heteroatoms. The van der Waals surface area contributed by atoms with E-state index >= 15 is 0 Å². The highest BCUT2D eigenvalue weighted by Crippen LogP contribution is 2.31. The van der Waals surface area contributed by atoms with E-state index in [1.807, 2.05) is 4.90 Å². The van der Waals surface area contributed by atoms with Crippen molar-refractivity contribution < 1.29 is 4.79 Å². The van der Waals surface area contributed by atoms with E-state index in [2.05, 4.69) is 43.2 Å². The Hall–Kier alpha value is -0.630. The lowest BCUT2D eigenvalue weighted by atomic mass is 10.1. The van der Waals surface area contributed by atoms with E-state index in [0.29, 0.717) is 5.92 Å². The average molecular weight is 427 g/mol. The predicted octanol–water partition coefficient (Wildman–Crippen LogP) is 2.82. The van der Waals surface area contributed by atoms with Crippen molar-refractivity contribution in [2.75, 3.05) is 45.8 Å². The number of nitrogens with zero attached hydrogens (tertiary/aromatic N) is 3. The van der Waals surface area contributed by atoms with Crippen LogP contribution in [-0.4, -0.2) is 72.6 Å². The zero-order valence-electron chi connectivity index (χ0n) is 14.6. The van der Waals surface area contributed by atoms with E-state index in [4.69, 9.17) is 0 Å². The van der Waals surface area contributed by atoms with Crippen molar-refractivity contribution in [3.05, 3.63) is 20.8 Å². The molecule has 0 radical (unpaired) electrons. The molecular formula is C18H27BrN4OS. The highest BCUT2D eigenvalue weighted by atomic mass is 79.9. The van der Waals surface area contributed by atoms with Crippen LogP contribution in [0.5, 0.6) is 0 Å². The van der Waals surface area contributed by atoms with Crippen LogP contribution in [0.1, 0.15) is 24.1 Å². The number of thiophene rings is 1. The van der Waals surface area contributed by atoms with Gasteiger partial charge in [-0.2, -0.15) is 0 Å². The van der Waals surface area contributed by atoms with Crippen molar-refractivity contribution in [1.82, 2.24) is 20.0 Å². The summed E-state index contributed by atoms with van der Waals surface area (Å²) in [5.74, 6) is 0.642. The summed E-state index contributed by atoms with van der Waals surface area (Å²) >= 11 is 5.32. The van der Waals surface area contributed by atoms with Crippen LogP contribution in [0.2, 0.25) is 0 Å². The Morgan fingerprint density at radius 3 is 2.64 bits per heavy atom. The number of piperazine rings is 1.